The summed E-state index contributed by atoms with van der Waals surface area (Å²) in [5, 5.41) is 22.0. The molecule has 0 radical (unpaired) electrons. The molecular formula is C19H35NO3. The molecule has 3 N–H and O–H groups in total. The summed E-state index contributed by atoms with van der Waals surface area (Å²) in [6, 6.07) is -0.625. The molecule has 0 aliphatic heterocycles. The van der Waals surface area contributed by atoms with Crippen molar-refractivity contribution < 1.29 is 15.0 Å². The predicted molar refractivity (Wildman–Crippen MR) is 96.2 cm³/mol. The summed E-state index contributed by atoms with van der Waals surface area (Å²) in [5.41, 5.74) is 0. The summed E-state index contributed by atoms with van der Waals surface area (Å²) in [6.07, 6.45) is 16.0. The number of aliphatic hydroxyl groups is 2. The monoisotopic (exact) mass is 325 g/mol. The zero-order chi connectivity index (χ0) is 17.3. The van der Waals surface area contributed by atoms with Crippen LogP contribution in [0.4, 0.5) is 0 Å². The molecule has 4 heteroatoms. The minimum absolute atomic E-state index is 0.117. The molecule has 0 heterocycles. The second kappa shape index (κ2) is 15.8. The lowest BCUT2D eigenvalue weighted by Gasteiger charge is -2.19. The summed E-state index contributed by atoms with van der Waals surface area (Å²) in [5.74, 6) is -0.117. The number of nitrogens with one attached hydrogen (secondary N) is 1. The van der Waals surface area contributed by atoms with E-state index in [1.54, 1.807) is 6.08 Å². The van der Waals surface area contributed by atoms with Crippen molar-refractivity contribution in [3.05, 3.63) is 24.3 Å². The smallest absolute Gasteiger partial charge is 0.220 e. The van der Waals surface area contributed by atoms with E-state index in [0.717, 1.165) is 32.1 Å². The topological polar surface area (TPSA) is 69.6 Å². The Balaban J connectivity index is 3.93. The van der Waals surface area contributed by atoms with Crippen LogP contribution in [0.2, 0.25) is 0 Å². The number of aliphatic hydroxyl groups excluding tert-OH is 2. The molecule has 4 nitrogen and oxygen atoms in total. The van der Waals surface area contributed by atoms with Crippen molar-refractivity contribution >= 4 is 5.91 Å². The lowest BCUT2D eigenvalue weighted by Crippen LogP contribution is -2.45. The first-order valence-corrected chi connectivity index (χ1v) is 9.05. The Labute approximate surface area is 141 Å². The molecule has 1 amide bonds. The van der Waals surface area contributed by atoms with Crippen LogP contribution < -0.4 is 5.32 Å². The molecule has 0 spiro atoms. The lowest BCUT2D eigenvalue weighted by molar-refractivity contribution is -0.122. The number of hydrogen-bond donors (Lipinski definition) is 3. The highest BCUT2D eigenvalue weighted by atomic mass is 16.3. The lowest BCUT2D eigenvalue weighted by atomic mass is 10.1. The molecular weight excluding hydrogens is 290 g/mol. The van der Waals surface area contributed by atoms with E-state index in [4.69, 9.17) is 0 Å². The third-order valence-electron chi connectivity index (χ3n) is 3.69. The van der Waals surface area contributed by atoms with E-state index in [1.807, 2.05) is 13.0 Å². The van der Waals surface area contributed by atoms with Gasteiger partial charge in [0.15, 0.2) is 0 Å². The number of amides is 1. The minimum Gasteiger partial charge on any atom is -0.394 e. The van der Waals surface area contributed by atoms with Crippen molar-refractivity contribution in [2.75, 3.05) is 6.61 Å². The van der Waals surface area contributed by atoms with Gasteiger partial charge < -0.3 is 15.5 Å². The maximum absolute atomic E-state index is 11.6. The van der Waals surface area contributed by atoms with E-state index in [2.05, 4.69) is 24.4 Å². The quantitative estimate of drug-likeness (QED) is 0.338. The number of carbonyl (C=O) groups is 1. The van der Waals surface area contributed by atoms with Crippen LogP contribution in [0.25, 0.3) is 0 Å². The van der Waals surface area contributed by atoms with Gasteiger partial charge in [-0.1, -0.05) is 57.4 Å². The zero-order valence-corrected chi connectivity index (χ0v) is 14.8. The summed E-state index contributed by atoms with van der Waals surface area (Å²) >= 11 is 0. The Morgan fingerprint density at radius 2 is 1.65 bits per heavy atom. The maximum Gasteiger partial charge on any atom is 0.220 e. The number of rotatable bonds is 14. The normalized spacial score (nSPS) is 14.4. The number of unbranched alkanes of at least 4 members (excludes halogenated alkanes) is 5. The largest absolute Gasteiger partial charge is 0.394 e. The van der Waals surface area contributed by atoms with Gasteiger partial charge in [-0.05, 0) is 32.1 Å². The standard InChI is InChI=1S/C19H35NO3/c1-3-5-7-8-9-10-11-12-13-14-18(22)17(16-21)20-19(23)15-6-4-2/h9-10,13-14,17-18,21-22H,3-8,11-12,15-16H2,1-2H3,(H,20,23)/b10-9+,14-13+. The molecule has 0 rings (SSSR count). The van der Waals surface area contributed by atoms with Gasteiger partial charge in [0.05, 0.1) is 18.8 Å². The number of hydrogen-bond acceptors (Lipinski definition) is 3. The van der Waals surface area contributed by atoms with Gasteiger partial charge in [0.2, 0.25) is 5.91 Å². The second-order valence-corrected chi connectivity index (χ2v) is 5.92. The van der Waals surface area contributed by atoms with E-state index in [0.29, 0.717) is 6.42 Å². The van der Waals surface area contributed by atoms with Crippen molar-refractivity contribution in [3.8, 4) is 0 Å². The fourth-order valence-corrected chi connectivity index (χ4v) is 2.17. The van der Waals surface area contributed by atoms with E-state index < -0.39 is 12.1 Å². The highest BCUT2D eigenvalue weighted by Crippen LogP contribution is 2.03. The summed E-state index contributed by atoms with van der Waals surface area (Å²) < 4.78 is 0. The van der Waals surface area contributed by atoms with Crippen molar-refractivity contribution in [2.45, 2.75) is 83.8 Å². The molecule has 0 aliphatic carbocycles. The highest BCUT2D eigenvalue weighted by Gasteiger charge is 2.17. The van der Waals surface area contributed by atoms with Crippen LogP contribution in [0, 0.1) is 0 Å². The predicted octanol–water partition coefficient (Wildman–Crippen LogP) is 3.49. The van der Waals surface area contributed by atoms with Crippen molar-refractivity contribution in [1.82, 2.24) is 5.32 Å². The molecule has 2 unspecified atom stereocenters. The summed E-state index contributed by atoms with van der Waals surface area (Å²) in [6.45, 7) is 3.96. The van der Waals surface area contributed by atoms with E-state index in [9.17, 15) is 15.0 Å². The molecule has 0 fully saturated rings. The molecule has 23 heavy (non-hydrogen) atoms. The van der Waals surface area contributed by atoms with E-state index in [-0.39, 0.29) is 12.5 Å². The van der Waals surface area contributed by atoms with Crippen LogP contribution in [0.5, 0.6) is 0 Å². The minimum atomic E-state index is -0.848. The van der Waals surface area contributed by atoms with Crippen LogP contribution in [0.1, 0.15) is 71.6 Å². The maximum atomic E-state index is 11.6. The molecule has 2 atom stereocenters. The Kier molecular flexibility index (Phi) is 15.0. The Morgan fingerprint density at radius 1 is 1.00 bits per heavy atom. The van der Waals surface area contributed by atoms with Crippen molar-refractivity contribution in [3.63, 3.8) is 0 Å². The average Bonchev–Trinajstić information content (AvgIpc) is 2.56. The van der Waals surface area contributed by atoms with E-state index >= 15 is 0 Å². The van der Waals surface area contributed by atoms with Gasteiger partial charge in [-0.3, -0.25) is 4.79 Å². The Bertz CT molecular complexity index is 340. The first-order chi connectivity index (χ1) is 11.2. The SMILES string of the molecule is CCCCC/C=C/CC/C=C/C(O)C(CO)NC(=O)CCCC. The molecule has 0 aromatic heterocycles. The second-order valence-electron chi connectivity index (χ2n) is 5.92. The van der Waals surface area contributed by atoms with Gasteiger partial charge in [-0.2, -0.15) is 0 Å². The fraction of sp³-hybridized carbons (Fsp3) is 0.737. The molecule has 134 valence electrons. The van der Waals surface area contributed by atoms with Gasteiger partial charge in [0.25, 0.3) is 0 Å². The average molecular weight is 325 g/mol. The number of carbonyl (C=O) groups excluding carboxylic acids is 1. The van der Waals surface area contributed by atoms with Crippen LogP contribution in [0.15, 0.2) is 24.3 Å². The van der Waals surface area contributed by atoms with Crippen LogP contribution >= 0.6 is 0 Å². The van der Waals surface area contributed by atoms with Gasteiger partial charge >= 0.3 is 0 Å². The van der Waals surface area contributed by atoms with Gasteiger partial charge in [0.1, 0.15) is 0 Å². The molecule has 0 aliphatic rings. The van der Waals surface area contributed by atoms with Gasteiger partial charge in [0, 0.05) is 6.42 Å². The highest BCUT2D eigenvalue weighted by molar-refractivity contribution is 5.76. The van der Waals surface area contributed by atoms with Gasteiger partial charge in [-0.15, -0.1) is 0 Å². The molecule has 0 bridgehead atoms. The molecule has 0 saturated carbocycles. The zero-order valence-electron chi connectivity index (χ0n) is 14.8. The number of allylic oxidation sites excluding steroid dienone is 3. The summed E-state index contributed by atoms with van der Waals surface area (Å²) in [4.78, 5) is 11.6. The van der Waals surface area contributed by atoms with Crippen LogP contribution in [-0.2, 0) is 4.79 Å². The molecule has 0 aromatic carbocycles. The first-order valence-electron chi connectivity index (χ1n) is 9.05. The van der Waals surface area contributed by atoms with Crippen LogP contribution in [-0.4, -0.2) is 34.9 Å². The van der Waals surface area contributed by atoms with Crippen molar-refractivity contribution in [2.24, 2.45) is 0 Å². The Morgan fingerprint density at radius 3 is 2.30 bits per heavy atom. The third kappa shape index (κ3) is 13.0. The molecule has 0 saturated heterocycles. The van der Waals surface area contributed by atoms with Crippen LogP contribution in [0.3, 0.4) is 0 Å². The Hall–Kier alpha value is -1.13. The van der Waals surface area contributed by atoms with Gasteiger partial charge in [-0.25, -0.2) is 0 Å². The van der Waals surface area contributed by atoms with E-state index in [1.165, 1.54) is 19.3 Å². The third-order valence-corrected chi connectivity index (χ3v) is 3.69. The summed E-state index contributed by atoms with van der Waals surface area (Å²) in [7, 11) is 0. The first kappa shape index (κ1) is 21.9. The van der Waals surface area contributed by atoms with Crippen molar-refractivity contribution in [1.29, 1.82) is 0 Å². The molecule has 0 aromatic rings. The fourth-order valence-electron chi connectivity index (χ4n) is 2.17.